The molecule has 0 aromatic rings. The van der Waals surface area contributed by atoms with E-state index in [0.717, 1.165) is 31.6 Å². The summed E-state index contributed by atoms with van der Waals surface area (Å²) < 4.78 is 0. The SMILES string of the molecule is C=C(C)CCC(C)CCC(C)(NC(C)(CC)CC)C(=C)C(C)C. The molecule has 0 amide bonds. The third kappa shape index (κ3) is 7.70. The van der Waals surface area contributed by atoms with Gasteiger partial charge in [0, 0.05) is 11.1 Å². The molecule has 1 heteroatoms. The van der Waals surface area contributed by atoms with Crippen molar-refractivity contribution >= 4 is 0 Å². The molecule has 0 saturated carbocycles. The summed E-state index contributed by atoms with van der Waals surface area (Å²) in [6.45, 7) is 26.8. The van der Waals surface area contributed by atoms with Gasteiger partial charge in [0.15, 0.2) is 0 Å². The molecule has 0 saturated heterocycles. The standard InChI is InChI=1S/C22H43N/c1-11-21(9,12-2)23-22(10,20(8)18(5)6)16-15-19(7)14-13-17(3)4/h18-19,23H,3,8,11-16H2,1-2,4-7,9-10H3. The van der Waals surface area contributed by atoms with Gasteiger partial charge < -0.3 is 5.32 Å². The molecule has 0 aromatic carbocycles. The molecule has 1 N–H and O–H groups in total. The van der Waals surface area contributed by atoms with Crippen LogP contribution in [0.4, 0.5) is 0 Å². The van der Waals surface area contributed by atoms with Crippen molar-refractivity contribution in [2.75, 3.05) is 0 Å². The highest BCUT2D eigenvalue weighted by atomic mass is 15.0. The Hall–Kier alpha value is -0.560. The summed E-state index contributed by atoms with van der Waals surface area (Å²) in [7, 11) is 0. The fourth-order valence-electron chi connectivity index (χ4n) is 3.21. The lowest BCUT2D eigenvalue weighted by atomic mass is 9.77. The molecular weight excluding hydrogens is 278 g/mol. The Labute approximate surface area is 147 Å². The molecule has 0 heterocycles. The van der Waals surface area contributed by atoms with Crippen LogP contribution in [0.1, 0.15) is 93.9 Å². The Morgan fingerprint density at radius 1 is 1.00 bits per heavy atom. The third-order valence-electron chi connectivity index (χ3n) is 5.75. The van der Waals surface area contributed by atoms with E-state index < -0.39 is 0 Å². The summed E-state index contributed by atoms with van der Waals surface area (Å²) in [6, 6.07) is 0. The van der Waals surface area contributed by atoms with Crippen LogP contribution >= 0.6 is 0 Å². The zero-order valence-electron chi connectivity index (χ0n) is 17.3. The highest BCUT2D eigenvalue weighted by Gasteiger charge is 2.35. The van der Waals surface area contributed by atoms with Crippen molar-refractivity contribution in [1.29, 1.82) is 0 Å². The maximum absolute atomic E-state index is 4.45. The lowest BCUT2D eigenvalue weighted by Gasteiger charge is -2.44. The van der Waals surface area contributed by atoms with Crippen molar-refractivity contribution in [2.24, 2.45) is 11.8 Å². The molecular formula is C22H43N. The van der Waals surface area contributed by atoms with Gasteiger partial charge in [-0.15, -0.1) is 6.58 Å². The minimum Gasteiger partial charge on any atom is -0.303 e. The Bertz CT molecular complexity index is 375. The second kappa shape index (κ2) is 9.67. The smallest absolute Gasteiger partial charge is 0.0369 e. The Morgan fingerprint density at radius 2 is 1.52 bits per heavy atom. The first-order chi connectivity index (χ1) is 10.5. The topological polar surface area (TPSA) is 12.0 Å². The lowest BCUT2D eigenvalue weighted by molar-refractivity contribution is 0.215. The predicted molar refractivity (Wildman–Crippen MR) is 107 cm³/mol. The monoisotopic (exact) mass is 321 g/mol. The molecule has 2 unspecified atom stereocenters. The quantitative estimate of drug-likeness (QED) is 0.385. The average molecular weight is 322 g/mol. The zero-order valence-corrected chi connectivity index (χ0v) is 17.3. The molecule has 2 atom stereocenters. The van der Waals surface area contributed by atoms with E-state index in [9.17, 15) is 0 Å². The van der Waals surface area contributed by atoms with Gasteiger partial charge in [-0.25, -0.2) is 0 Å². The van der Waals surface area contributed by atoms with E-state index in [1.807, 2.05) is 0 Å². The minimum absolute atomic E-state index is 0.0203. The van der Waals surface area contributed by atoms with Crippen molar-refractivity contribution in [3.05, 3.63) is 24.3 Å². The van der Waals surface area contributed by atoms with Crippen molar-refractivity contribution in [3.8, 4) is 0 Å². The maximum atomic E-state index is 4.45. The van der Waals surface area contributed by atoms with E-state index in [0.29, 0.717) is 5.92 Å². The maximum Gasteiger partial charge on any atom is 0.0369 e. The third-order valence-corrected chi connectivity index (χ3v) is 5.75. The van der Waals surface area contributed by atoms with Crippen LogP contribution in [0.15, 0.2) is 24.3 Å². The molecule has 0 aromatic heterocycles. The molecule has 1 nitrogen and oxygen atoms in total. The molecule has 0 rings (SSSR count). The summed E-state index contributed by atoms with van der Waals surface area (Å²) in [5, 5.41) is 3.99. The number of nitrogens with one attached hydrogen (secondary N) is 1. The average Bonchev–Trinajstić information content (AvgIpc) is 2.49. The first kappa shape index (κ1) is 22.4. The Kier molecular flexibility index (Phi) is 9.43. The molecule has 0 spiro atoms. The van der Waals surface area contributed by atoms with Gasteiger partial charge in [0.1, 0.15) is 0 Å². The highest BCUT2D eigenvalue weighted by molar-refractivity contribution is 5.18. The molecule has 136 valence electrons. The largest absolute Gasteiger partial charge is 0.303 e. The second-order valence-electron chi connectivity index (χ2n) is 8.54. The van der Waals surface area contributed by atoms with E-state index in [2.05, 4.69) is 73.9 Å². The second-order valence-corrected chi connectivity index (χ2v) is 8.54. The zero-order chi connectivity index (χ0) is 18.3. The summed E-state index contributed by atoms with van der Waals surface area (Å²) in [6.07, 6.45) is 7.10. The van der Waals surface area contributed by atoms with Gasteiger partial charge in [-0.05, 0) is 71.1 Å². The highest BCUT2D eigenvalue weighted by Crippen LogP contribution is 2.33. The van der Waals surface area contributed by atoms with E-state index in [-0.39, 0.29) is 11.1 Å². The molecule has 0 radical (unpaired) electrons. The van der Waals surface area contributed by atoms with Crippen molar-refractivity contribution in [3.63, 3.8) is 0 Å². The summed E-state index contributed by atoms with van der Waals surface area (Å²) in [4.78, 5) is 0. The number of rotatable bonds is 12. The Morgan fingerprint density at radius 3 is 1.91 bits per heavy atom. The fourth-order valence-corrected chi connectivity index (χ4v) is 3.21. The van der Waals surface area contributed by atoms with Crippen LogP contribution in [0.2, 0.25) is 0 Å². The summed E-state index contributed by atoms with van der Waals surface area (Å²) in [5.74, 6) is 1.25. The van der Waals surface area contributed by atoms with Gasteiger partial charge in [0.2, 0.25) is 0 Å². The van der Waals surface area contributed by atoms with Crippen LogP contribution in [-0.2, 0) is 0 Å². The first-order valence-corrected chi connectivity index (χ1v) is 9.62. The van der Waals surface area contributed by atoms with E-state index in [1.165, 1.54) is 24.0 Å². The van der Waals surface area contributed by atoms with Gasteiger partial charge in [0.25, 0.3) is 0 Å². The lowest BCUT2D eigenvalue weighted by Crippen LogP contribution is -2.56. The van der Waals surface area contributed by atoms with Gasteiger partial charge in [0.05, 0.1) is 0 Å². The number of hydrogen-bond acceptors (Lipinski definition) is 1. The van der Waals surface area contributed by atoms with Crippen molar-refractivity contribution in [1.82, 2.24) is 5.32 Å². The molecule has 0 aliphatic heterocycles. The Balaban J connectivity index is 5.01. The van der Waals surface area contributed by atoms with E-state index >= 15 is 0 Å². The number of allylic oxidation sites excluding steroid dienone is 1. The normalized spacial score (nSPS) is 16.2. The van der Waals surface area contributed by atoms with Gasteiger partial charge in [-0.3, -0.25) is 0 Å². The van der Waals surface area contributed by atoms with Gasteiger partial charge >= 0.3 is 0 Å². The molecule has 23 heavy (non-hydrogen) atoms. The van der Waals surface area contributed by atoms with Gasteiger partial charge in [-0.2, -0.15) is 0 Å². The van der Waals surface area contributed by atoms with Gasteiger partial charge in [-0.1, -0.05) is 52.3 Å². The van der Waals surface area contributed by atoms with Crippen LogP contribution in [0, 0.1) is 11.8 Å². The van der Waals surface area contributed by atoms with Crippen molar-refractivity contribution < 1.29 is 0 Å². The van der Waals surface area contributed by atoms with Crippen LogP contribution in [0.25, 0.3) is 0 Å². The minimum atomic E-state index is 0.0203. The van der Waals surface area contributed by atoms with Crippen LogP contribution in [-0.4, -0.2) is 11.1 Å². The van der Waals surface area contributed by atoms with E-state index in [1.54, 1.807) is 0 Å². The molecule has 0 aliphatic carbocycles. The van der Waals surface area contributed by atoms with E-state index in [4.69, 9.17) is 0 Å². The number of hydrogen-bond donors (Lipinski definition) is 1. The summed E-state index contributed by atoms with van der Waals surface area (Å²) in [5.41, 5.74) is 2.85. The molecule has 0 aliphatic rings. The van der Waals surface area contributed by atoms with Crippen LogP contribution in [0.5, 0.6) is 0 Å². The molecule has 0 fully saturated rings. The summed E-state index contributed by atoms with van der Waals surface area (Å²) >= 11 is 0. The first-order valence-electron chi connectivity index (χ1n) is 9.62. The predicted octanol–water partition coefficient (Wildman–Crippen LogP) is 6.90. The van der Waals surface area contributed by atoms with Crippen LogP contribution < -0.4 is 5.32 Å². The van der Waals surface area contributed by atoms with Crippen LogP contribution in [0.3, 0.4) is 0 Å². The molecule has 0 bridgehead atoms. The fraction of sp³-hybridized carbons (Fsp3) is 0.818. The van der Waals surface area contributed by atoms with Crippen molar-refractivity contribution in [2.45, 2.75) is 105 Å².